The summed E-state index contributed by atoms with van der Waals surface area (Å²) < 4.78 is 0. The van der Waals surface area contributed by atoms with Gasteiger partial charge in [-0.25, -0.2) is 9.97 Å². The van der Waals surface area contributed by atoms with E-state index in [1.165, 1.54) is 32.1 Å². The Balaban J connectivity index is 0.00000200. The second kappa shape index (κ2) is 8.35. The summed E-state index contributed by atoms with van der Waals surface area (Å²) >= 11 is 0. The Hall–Kier alpha value is -0.960. The molecule has 1 saturated heterocycles. The van der Waals surface area contributed by atoms with Gasteiger partial charge in [0.05, 0.1) is 0 Å². The highest BCUT2D eigenvalue weighted by molar-refractivity contribution is 14.0. The van der Waals surface area contributed by atoms with Crippen molar-refractivity contribution in [1.29, 1.82) is 0 Å². The van der Waals surface area contributed by atoms with E-state index < -0.39 is 5.91 Å². The second-order valence-corrected chi connectivity index (χ2v) is 4.81. The molecule has 6 nitrogen and oxygen atoms in total. The maximum Gasteiger partial charge on any atom is 0.267 e. The molecule has 0 bridgehead atoms. The van der Waals surface area contributed by atoms with Gasteiger partial charge in [-0.3, -0.25) is 9.69 Å². The molecule has 1 aliphatic rings. The molecule has 1 amide bonds. The van der Waals surface area contributed by atoms with Crippen molar-refractivity contribution < 1.29 is 4.79 Å². The van der Waals surface area contributed by atoms with Crippen LogP contribution in [0.2, 0.25) is 0 Å². The Morgan fingerprint density at radius 2 is 2.30 bits per heavy atom. The van der Waals surface area contributed by atoms with Crippen molar-refractivity contribution >= 4 is 35.7 Å². The normalized spacial score (nSPS) is 19.1. The molecular formula is C13H22IN5O. The van der Waals surface area contributed by atoms with Crippen LogP contribution in [0.4, 0.5) is 5.82 Å². The third kappa shape index (κ3) is 4.55. The zero-order valence-electron chi connectivity index (χ0n) is 11.7. The number of carbonyl (C=O) groups excluding carboxylic acids is 1. The maximum absolute atomic E-state index is 11.1. The maximum atomic E-state index is 11.1. The van der Waals surface area contributed by atoms with Crippen LogP contribution in [0.25, 0.3) is 0 Å². The van der Waals surface area contributed by atoms with Crippen LogP contribution < -0.4 is 11.1 Å². The van der Waals surface area contributed by atoms with Gasteiger partial charge in [-0.15, -0.1) is 24.0 Å². The van der Waals surface area contributed by atoms with Crippen molar-refractivity contribution in [1.82, 2.24) is 14.9 Å². The van der Waals surface area contributed by atoms with Crippen molar-refractivity contribution in [2.75, 3.05) is 25.0 Å². The number of nitrogens with two attached hydrogens (primary N) is 1. The van der Waals surface area contributed by atoms with Crippen molar-refractivity contribution in [2.45, 2.75) is 32.2 Å². The summed E-state index contributed by atoms with van der Waals surface area (Å²) in [6, 6.07) is 2.13. The van der Waals surface area contributed by atoms with Crippen LogP contribution in [0.3, 0.4) is 0 Å². The predicted octanol–water partition coefficient (Wildman–Crippen LogP) is 1.48. The zero-order chi connectivity index (χ0) is 13.7. The van der Waals surface area contributed by atoms with Crippen LogP contribution >= 0.6 is 24.0 Å². The molecule has 7 heteroatoms. The molecule has 0 radical (unpaired) electrons. The molecule has 1 atom stereocenters. The van der Waals surface area contributed by atoms with E-state index in [0.29, 0.717) is 11.9 Å². The summed E-state index contributed by atoms with van der Waals surface area (Å²) in [7, 11) is 0. The topological polar surface area (TPSA) is 84.1 Å². The molecule has 1 aliphatic heterocycles. The molecule has 0 aromatic carbocycles. The number of nitrogens with zero attached hydrogens (tertiary/aromatic N) is 3. The number of likely N-dealkylation sites (N-methyl/N-ethyl adjacent to an activating group) is 1. The molecule has 20 heavy (non-hydrogen) atoms. The van der Waals surface area contributed by atoms with E-state index >= 15 is 0 Å². The Labute approximate surface area is 136 Å². The number of rotatable bonds is 5. The number of likely N-dealkylation sites (tertiary alicyclic amines) is 1. The highest BCUT2D eigenvalue weighted by Gasteiger charge is 2.20. The van der Waals surface area contributed by atoms with Crippen LogP contribution in [0.15, 0.2) is 12.4 Å². The standard InChI is InChI=1S/C13H21N5O.HI/c1-2-18-6-4-3-5-10(18)8-15-12-7-11(13(14)19)16-9-17-12;/h7,9-10H,2-6,8H2,1H3,(H2,14,19)(H,15,16,17);1H. The Morgan fingerprint density at radius 3 is 3.00 bits per heavy atom. The van der Waals surface area contributed by atoms with Gasteiger partial charge in [-0.05, 0) is 25.9 Å². The molecule has 112 valence electrons. The average Bonchev–Trinajstić information content (AvgIpc) is 2.45. The highest BCUT2D eigenvalue weighted by atomic mass is 127. The molecule has 0 aliphatic carbocycles. The van der Waals surface area contributed by atoms with Crippen LogP contribution in [-0.4, -0.2) is 46.5 Å². The summed E-state index contributed by atoms with van der Waals surface area (Å²) in [5.74, 6) is 0.128. The van der Waals surface area contributed by atoms with E-state index in [-0.39, 0.29) is 29.7 Å². The number of amides is 1. The van der Waals surface area contributed by atoms with Crippen LogP contribution in [0.5, 0.6) is 0 Å². The highest BCUT2D eigenvalue weighted by Crippen LogP contribution is 2.17. The molecule has 2 heterocycles. The zero-order valence-corrected chi connectivity index (χ0v) is 14.0. The number of aromatic nitrogens is 2. The lowest BCUT2D eigenvalue weighted by Crippen LogP contribution is -2.43. The second-order valence-electron chi connectivity index (χ2n) is 4.81. The third-order valence-electron chi connectivity index (χ3n) is 3.59. The number of piperidine rings is 1. The molecule has 1 unspecified atom stereocenters. The minimum absolute atomic E-state index is 0. The van der Waals surface area contributed by atoms with Crippen LogP contribution in [-0.2, 0) is 0 Å². The fraction of sp³-hybridized carbons (Fsp3) is 0.615. The number of halogens is 1. The summed E-state index contributed by atoms with van der Waals surface area (Å²) in [6.07, 6.45) is 5.12. The van der Waals surface area contributed by atoms with Gasteiger partial charge in [-0.2, -0.15) is 0 Å². The van der Waals surface area contributed by atoms with Gasteiger partial charge < -0.3 is 11.1 Å². The van der Waals surface area contributed by atoms with Gasteiger partial charge in [0, 0.05) is 18.7 Å². The number of primary amides is 1. The first-order valence-corrected chi connectivity index (χ1v) is 6.80. The van der Waals surface area contributed by atoms with E-state index in [1.807, 2.05) is 0 Å². The first-order valence-electron chi connectivity index (χ1n) is 6.80. The number of hydrogen-bond donors (Lipinski definition) is 2. The largest absolute Gasteiger partial charge is 0.368 e. The molecule has 2 rings (SSSR count). The predicted molar refractivity (Wildman–Crippen MR) is 89.3 cm³/mol. The summed E-state index contributed by atoms with van der Waals surface area (Å²) in [6.45, 7) is 5.26. The first-order chi connectivity index (χ1) is 9.20. The van der Waals surface area contributed by atoms with Crippen molar-refractivity contribution in [3.63, 3.8) is 0 Å². The minimum atomic E-state index is -0.529. The van der Waals surface area contributed by atoms with Gasteiger partial charge in [-0.1, -0.05) is 13.3 Å². The number of hydrogen-bond acceptors (Lipinski definition) is 5. The summed E-state index contributed by atoms with van der Waals surface area (Å²) in [4.78, 5) is 21.5. The molecule has 0 saturated carbocycles. The molecule has 1 aromatic heterocycles. The third-order valence-corrected chi connectivity index (χ3v) is 3.59. The number of carbonyl (C=O) groups is 1. The van der Waals surface area contributed by atoms with Crippen LogP contribution in [0.1, 0.15) is 36.7 Å². The molecular weight excluding hydrogens is 369 g/mol. The quantitative estimate of drug-likeness (QED) is 0.743. The smallest absolute Gasteiger partial charge is 0.267 e. The van der Waals surface area contributed by atoms with E-state index in [1.54, 1.807) is 6.07 Å². The van der Waals surface area contributed by atoms with Crippen molar-refractivity contribution in [2.24, 2.45) is 5.73 Å². The summed E-state index contributed by atoms with van der Waals surface area (Å²) in [5.41, 5.74) is 5.44. The van der Waals surface area contributed by atoms with Gasteiger partial charge in [0.1, 0.15) is 17.8 Å². The lowest BCUT2D eigenvalue weighted by atomic mass is 10.0. The van der Waals surface area contributed by atoms with E-state index in [9.17, 15) is 4.79 Å². The van der Waals surface area contributed by atoms with Gasteiger partial charge in [0.2, 0.25) is 0 Å². The van der Waals surface area contributed by atoms with E-state index in [0.717, 1.165) is 13.1 Å². The van der Waals surface area contributed by atoms with E-state index in [2.05, 4.69) is 27.1 Å². The molecule has 3 N–H and O–H groups in total. The summed E-state index contributed by atoms with van der Waals surface area (Å²) in [5, 5.41) is 3.27. The van der Waals surface area contributed by atoms with Crippen molar-refractivity contribution in [3.8, 4) is 0 Å². The molecule has 1 aromatic rings. The molecule has 0 spiro atoms. The Bertz CT molecular complexity index is 443. The minimum Gasteiger partial charge on any atom is -0.368 e. The SMILES string of the molecule is CCN1CCCCC1CNc1cc(C(N)=O)ncn1.I. The fourth-order valence-electron chi connectivity index (χ4n) is 2.52. The van der Waals surface area contributed by atoms with Gasteiger partial charge >= 0.3 is 0 Å². The number of nitrogens with one attached hydrogen (secondary N) is 1. The van der Waals surface area contributed by atoms with Crippen molar-refractivity contribution in [3.05, 3.63) is 18.1 Å². The monoisotopic (exact) mass is 391 g/mol. The van der Waals surface area contributed by atoms with Gasteiger partial charge in [0.15, 0.2) is 0 Å². The van der Waals surface area contributed by atoms with Crippen LogP contribution in [0, 0.1) is 0 Å². The lowest BCUT2D eigenvalue weighted by Gasteiger charge is -2.35. The first kappa shape index (κ1) is 17.1. The van der Waals surface area contributed by atoms with E-state index in [4.69, 9.17) is 5.73 Å². The van der Waals surface area contributed by atoms with Gasteiger partial charge in [0.25, 0.3) is 5.91 Å². The molecule has 1 fully saturated rings. The fourth-order valence-corrected chi connectivity index (χ4v) is 2.52. The Morgan fingerprint density at radius 1 is 1.50 bits per heavy atom. The Kier molecular flexibility index (Phi) is 7.14. The average molecular weight is 391 g/mol. The number of anilines is 1. The lowest BCUT2D eigenvalue weighted by molar-refractivity contribution is 0.0995.